The lowest BCUT2D eigenvalue weighted by atomic mass is 10.1. The molecule has 2 aromatic rings. The van der Waals surface area contributed by atoms with Gasteiger partial charge in [-0.25, -0.2) is 0 Å². The van der Waals surface area contributed by atoms with Crippen LogP contribution in [-0.2, 0) is 4.79 Å². The van der Waals surface area contributed by atoms with Gasteiger partial charge in [-0.05, 0) is 56.2 Å². The molecule has 24 heavy (non-hydrogen) atoms. The molecule has 1 atom stereocenters. The molecule has 0 saturated carbocycles. The summed E-state index contributed by atoms with van der Waals surface area (Å²) in [7, 11) is 0. The molecular formula is C19H22ClNO3. The smallest absolute Gasteiger partial charge is 0.260 e. The van der Waals surface area contributed by atoms with Crippen molar-refractivity contribution in [3.63, 3.8) is 0 Å². The first-order valence-corrected chi connectivity index (χ1v) is 8.24. The molecule has 0 saturated heterocycles. The van der Waals surface area contributed by atoms with E-state index in [1.807, 2.05) is 44.2 Å². The summed E-state index contributed by atoms with van der Waals surface area (Å²) in [6.07, 6.45) is -0.576. The van der Waals surface area contributed by atoms with Crippen LogP contribution in [0, 0.1) is 13.8 Å². The fraction of sp³-hybridized carbons (Fsp3) is 0.316. The SMILES string of the molecule is Cc1ccc(OC(C)C(=O)NCCOc2ccccc2Cl)cc1C. The molecule has 0 aliphatic rings. The first-order valence-electron chi connectivity index (χ1n) is 7.86. The van der Waals surface area contributed by atoms with Crippen LogP contribution < -0.4 is 14.8 Å². The lowest BCUT2D eigenvalue weighted by Gasteiger charge is -2.16. The van der Waals surface area contributed by atoms with Crippen LogP contribution in [0.25, 0.3) is 0 Å². The van der Waals surface area contributed by atoms with E-state index in [0.717, 1.165) is 5.56 Å². The van der Waals surface area contributed by atoms with Crippen molar-refractivity contribution in [1.82, 2.24) is 5.32 Å². The minimum Gasteiger partial charge on any atom is -0.490 e. The number of hydrogen-bond acceptors (Lipinski definition) is 3. The zero-order chi connectivity index (χ0) is 17.5. The summed E-state index contributed by atoms with van der Waals surface area (Å²) >= 11 is 6.00. The summed E-state index contributed by atoms with van der Waals surface area (Å²) in [4.78, 5) is 12.1. The van der Waals surface area contributed by atoms with Crippen molar-refractivity contribution >= 4 is 17.5 Å². The summed E-state index contributed by atoms with van der Waals surface area (Å²) in [5, 5.41) is 3.34. The second-order valence-electron chi connectivity index (χ2n) is 5.58. The fourth-order valence-electron chi connectivity index (χ4n) is 2.09. The van der Waals surface area contributed by atoms with Crippen molar-refractivity contribution in [3.05, 3.63) is 58.6 Å². The molecule has 0 fully saturated rings. The third-order valence-electron chi connectivity index (χ3n) is 3.66. The van der Waals surface area contributed by atoms with E-state index in [0.29, 0.717) is 29.7 Å². The predicted molar refractivity (Wildman–Crippen MR) is 96.0 cm³/mol. The minimum absolute atomic E-state index is 0.184. The lowest BCUT2D eigenvalue weighted by molar-refractivity contribution is -0.127. The standard InChI is InChI=1S/C19H22ClNO3/c1-13-8-9-16(12-14(13)2)24-15(3)19(22)21-10-11-23-18-7-5-4-6-17(18)20/h4-9,12,15H,10-11H2,1-3H3,(H,21,22). The van der Waals surface area contributed by atoms with E-state index in [-0.39, 0.29) is 5.91 Å². The highest BCUT2D eigenvalue weighted by atomic mass is 35.5. The van der Waals surface area contributed by atoms with Gasteiger partial charge in [-0.2, -0.15) is 0 Å². The van der Waals surface area contributed by atoms with Crippen molar-refractivity contribution in [3.8, 4) is 11.5 Å². The van der Waals surface area contributed by atoms with Gasteiger partial charge >= 0.3 is 0 Å². The van der Waals surface area contributed by atoms with Crippen LogP contribution in [0.4, 0.5) is 0 Å². The predicted octanol–water partition coefficient (Wildman–Crippen LogP) is 3.92. The Morgan fingerprint density at radius 1 is 1.17 bits per heavy atom. The third-order valence-corrected chi connectivity index (χ3v) is 3.97. The largest absolute Gasteiger partial charge is 0.490 e. The van der Waals surface area contributed by atoms with Gasteiger partial charge in [0.2, 0.25) is 0 Å². The molecule has 4 nitrogen and oxygen atoms in total. The molecule has 128 valence electrons. The first kappa shape index (κ1) is 18.1. The van der Waals surface area contributed by atoms with Crippen LogP contribution in [-0.4, -0.2) is 25.2 Å². The highest BCUT2D eigenvalue weighted by molar-refractivity contribution is 6.32. The van der Waals surface area contributed by atoms with Crippen LogP contribution >= 0.6 is 11.6 Å². The van der Waals surface area contributed by atoms with Gasteiger partial charge in [-0.1, -0.05) is 29.8 Å². The number of carbonyl (C=O) groups is 1. The average molecular weight is 348 g/mol. The quantitative estimate of drug-likeness (QED) is 0.772. The number of carbonyl (C=O) groups excluding carboxylic acids is 1. The van der Waals surface area contributed by atoms with E-state index < -0.39 is 6.10 Å². The molecule has 1 N–H and O–H groups in total. The molecule has 5 heteroatoms. The highest BCUT2D eigenvalue weighted by Gasteiger charge is 2.14. The molecule has 0 aromatic heterocycles. The highest BCUT2D eigenvalue weighted by Crippen LogP contribution is 2.22. The number of para-hydroxylation sites is 1. The van der Waals surface area contributed by atoms with Crippen LogP contribution in [0.1, 0.15) is 18.1 Å². The topological polar surface area (TPSA) is 47.6 Å². The average Bonchev–Trinajstić information content (AvgIpc) is 2.56. The molecule has 2 aromatic carbocycles. The van der Waals surface area contributed by atoms with Crippen molar-refractivity contribution in [1.29, 1.82) is 0 Å². The van der Waals surface area contributed by atoms with E-state index in [9.17, 15) is 4.79 Å². The Balaban J connectivity index is 1.75. The van der Waals surface area contributed by atoms with Gasteiger partial charge in [-0.3, -0.25) is 4.79 Å². The van der Waals surface area contributed by atoms with Crippen LogP contribution in [0.3, 0.4) is 0 Å². The second kappa shape index (κ2) is 8.60. The monoisotopic (exact) mass is 347 g/mol. The normalized spacial score (nSPS) is 11.7. The molecular weight excluding hydrogens is 326 g/mol. The van der Waals surface area contributed by atoms with E-state index in [2.05, 4.69) is 5.32 Å². The number of halogens is 1. The number of ether oxygens (including phenoxy) is 2. The molecule has 0 spiro atoms. The minimum atomic E-state index is -0.576. The number of amides is 1. The summed E-state index contributed by atoms with van der Waals surface area (Å²) in [6.45, 7) is 6.49. The van der Waals surface area contributed by atoms with Crippen LogP contribution in [0.5, 0.6) is 11.5 Å². The summed E-state index contributed by atoms with van der Waals surface area (Å²) in [5.74, 6) is 1.11. The van der Waals surface area contributed by atoms with Crippen LogP contribution in [0.15, 0.2) is 42.5 Å². The Kier molecular flexibility index (Phi) is 6.50. The van der Waals surface area contributed by atoms with Gasteiger partial charge in [-0.15, -0.1) is 0 Å². The van der Waals surface area contributed by atoms with E-state index in [1.54, 1.807) is 19.1 Å². The van der Waals surface area contributed by atoms with Crippen molar-refractivity contribution < 1.29 is 14.3 Å². The number of rotatable bonds is 7. The fourth-order valence-corrected chi connectivity index (χ4v) is 2.28. The molecule has 0 heterocycles. The molecule has 2 rings (SSSR count). The number of aryl methyl sites for hydroxylation is 2. The zero-order valence-corrected chi connectivity index (χ0v) is 14.9. The maximum atomic E-state index is 12.1. The molecule has 1 amide bonds. The van der Waals surface area contributed by atoms with Gasteiger partial charge < -0.3 is 14.8 Å². The number of hydrogen-bond donors (Lipinski definition) is 1. The molecule has 0 radical (unpaired) electrons. The van der Waals surface area contributed by atoms with Gasteiger partial charge in [0.1, 0.15) is 18.1 Å². The Morgan fingerprint density at radius 2 is 1.92 bits per heavy atom. The Morgan fingerprint density at radius 3 is 2.62 bits per heavy atom. The van der Waals surface area contributed by atoms with Crippen molar-refractivity contribution in [2.24, 2.45) is 0 Å². The number of nitrogens with one attached hydrogen (secondary N) is 1. The first-order chi connectivity index (χ1) is 11.5. The van der Waals surface area contributed by atoms with Gasteiger partial charge in [0.05, 0.1) is 11.6 Å². The van der Waals surface area contributed by atoms with Gasteiger partial charge in [0.15, 0.2) is 6.10 Å². The maximum Gasteiger partial charge on any atom is 0.260 e. The Bertz CT molecular complexity index is 703. The van der Waals surface area contributed by atoms with Gasteiger partial charge in [0.25, 0.3) is 5.91 Å². The van der Waals surface area contributed by atoms with E-state index in [1.165, 1.54) is 5.56 Å². The molecule has 0 aliphatic carbocycles. The van der Waals surface area contributed by atoms with Crippen molar-refractivity contribution in [2.75, 3.05) is 13.2 Å². The van der Waals surface area contributed by atoms with E-state index >= 15 is 0 Å². The second-order valence-corrected chi connectivity index (χ2v) is 5.98. The molecule has 0 bridgehead atoms. The van der Waals surface area contributed by atoms with Crippen LogP contribution in [0.2, 0.25) is 5.02 Å². The zero-order valence-electron chi connectivity index (χ0n) is 14.1. The molecule has 0 aliphatic heterocycles. The van der Waals surface area contributed by atoms with E-state index in [4.69, 9.17) is 21.1 Å². The Labute approximate surface area is 147 Å². The van der Waals surface area contributed by atoms with Gasteiger partial charge in [0, 0.05) is 0 Å². The summed E-state index contributed by atoms with van der Waals surface area (Å²) in [6, 6.07) is 13.0. The third kappa shape index (κ3) is 5.17. The summed E-state index contributed by atoms with van der Waals surface area (Å²) < 4.78 is 11.2. The van der Waals surface area contributed by atoms with Crippen molar-refractivity contribution in [2.45, 2.75) is 26.9 Å². The maximum absolute atomic E-state index is 12.1. The summed E-state index contributed by atoms with van der Waals surface area (Å²) in [5.41, 5.74) is 2.32. The lowest BCUT2D eigenvalue weighted by Crippen LogP contribution is -2.38. The Hall–Kier alpha value is -2.20. The number of benzene rings is 2. The molecule has 1 unspecified atom stereocenters.